The number of nitrogens with one attached hydrogen (secondary N) is 1. The summed E-state index contributed by atoms with van der Waals surface area (Å²) in [5, 5.41) is 12.3. The number of carbonyl (C=O) groups excluding carboxylic acids is 1. The molecule has 0 aliphatic carbocycles. The van der Waals surface area contributed by atoms with E-state index in [1.807, 2.05) is 0 Å². The second-order valence-corrected chi connectivity index (χ2v) is 6.32. The standard InChI is InChI=1S/C14H17Cl2NO4/c1-14(2,3)21-13(20)17-11(12(18)19)6-8-4-5-9(15)7-10(8)16/h4-5,7,11H,6H2,1-3H3,(H,17,20)(H,18,19)/t11-/m0/s1. The van der Waals surface area contributed by atoms with Crippen LogP contribution in [-0.2, 0) is 16.0 Å². The Labute approximate surface area is 133 Å². The van der Waals surface area contributed by atoms with Crippen molar-refractivity contribution in [2.45, 2.75) is 38.8 Å². The lowest BCUT2D eigenvalue weighted by molar-refractivity contribution is -0.139. The van der Waals surface area contributed by atoms with Crippen molar-refractivity contribution in [1.29, 1.82) is 0 Å². The van der Waals surface area contributed by atoms with Crippen LogP contribution in [0, 0.1) is 0 Å². The zero-order chi connectivity index (χ0) is 16.2. The number of rotatable bonds is 4. The minimum atomic E-state index is -1.17. The molecule has 116 valence electrons. The molecule has 1 rings (SSSR count). The second kappa shape index (κ2) is 7.00. The number of carboxylic acid groups (broad SMARTS) is 1. The Morgan fingerprint density at radius 2 is 1.95 bits per heavy atom. The maximum atomic E-state index is 11.7. The lowest BCUT2D eigenvalue weighted by Crippen LogP contribution is -2.44. The molecule has 1 aromatic rings. The molecule has 0 aliphatic rings. The Bertz CT molecular complexity index is 540. The number of hydrogen-bond donors (Lipinski definition) is 2. The number of alkyl carbamates (subject to hydrolysis) is 1. The molecule has 5 nitrogen and oxygen atoms in total. The summed E-state index contributed by atoms with van der Waals surface area (Å²) in [6.45, 7) is 5.08. The van der Waals surface area contributed by atoms with Crippen LogP contribution in [0.4, 0.5) is 4.79 Å². The van der Waals surface area contributed by atoms with E-state index in [0.29, 0.717) is 15.6 Å². The van der Waals surface area contributed by atoms with Crippen molar-refractivity contribution < 1.29 is 19.4 Å². The fourth-order valence-electron chi connectivity index (χ4n) is 1.56. The van der Waals surface area contributed by atoms with Crippen LogP contribution >= 0.6 is 23.2 Å². The average molecular weight is 334 g/mol. The predicted molar refractivity (Wildman–Crippen MR) is 81.0 cm³/mol. The van der Waals surface area contributed by atoms with E-state index in [1.165, 1.54) is 6.07 Å². The molecule has 0 aromatic heterocycles. The fourth-order valence-corrected chi connectivity index (χ4v) is 2.04. The zero-order valence-corrected chi connectivity index (χ0v) is 13.5. The molecule has 2 N–H and O–H groups in total. The van der Waals surface area contributed by atoms with Gasteiger partial charge in [-0.15, -0.1) is 0 Å². The first-order chi connectivity index (χ1) is 9.58. The summed E-state index contributed by atoms with van der Waals surface area (Å²) in [4.78, 5) is 22.9. The molecule has 1 aromatic carbocycles. The molecule has 1 amide bonds. The number of carbonyl (C=O) groups is 2. The maximum absolute atomic E-state index is 11.7. The Morgan fingerprint density at radius 3 is 2.43 bits per heavy atom. The Morgan fingerprint density at radius 1 is 1.33 bits per heavy atom. The first kappa shape index (κ1) is 17.6. The number of halogens is 2. The monoisotopic (exact) mass is 333 g/mol. The first-order valence-corrected chi connectivity index (χ1v) is 7.00. The molecule has 0 fully saturated rings. The van der Waals surface area contributed by atoms with Gasteiger partial charge in [0.2, 0.25) is 0 Å². The van der Waals surface area contributed by atoms with Crippen LogP contribution in [0.3, 0.4) is 0 Å². The van der Waals surface area contributed by atoms with Gasteiger partial charge in [0.15, 0.2) is 0 Å². The number of hydrogen-bond acceptors (Lipinski definition) is 3. The number of carboxylic acids is 1. The topological polar surface area (TPSA) is 75.6 Å². The van der Waals surface area contributed by atoms with Gasteiger partial charge in [-0.3, -0.25) is 0 Å². The van der Waals surface area contributed by atoms with Gasteiger partial charge in [0.1, 0.15) is 11.6 Å². The molecule has 0 unspecified atom stereocenters. The molecule has 0 radical (unpaired) electrons. The molecule has 0 aliphatic heterocycles. The number of amides is 1. The highest BCUT2D eigenvalue weighted by atomic mass is 35.5. The average Bonchev–Trinajstić information content (AvgIpc) is 2.28. The van der Waals surface area contributed by atoms with Gasteiger partial charge in [-0.2, -0.15) is 0 Å². The van der Waals surface area contributed by atoms with Gasteiger partial charge in [-0.25, -0.2) is 9.59 Å². The van der Waals surface area contributed by atoms with E-state index >= 15 is 0 Å². The van der Waals surface area contributed by atoms with E-state index in [0.717, 1.165) is 0 Å². The van der Waals surface area contributed by atoms with Gasteiger partial charge in [0.05, 0.1) is 0 Å². The smallest absolute Gasteiger partial charge is 0.408 e. The van der Waals surface area contributed by atoms with Crippen LogP contribution in [-0.4, -0.2) is 28.8 Å². The third kappa shape index (κ3) is 6.23. The molecule has 7 heteroatoms. The first-order valence-electron chi connectivity index (χ1n) is 6.25. The summed E-state index contributed by atoms with van der Waals surface area (Å²) in [6, 6.07) is 3.61. The number of benzene rings is 1. The van der Waals surface area contributed by atoms with Crippen molar-refractivity contribution in [2.75, 3.05) is 0 Å². The van der Waals surface area contributed by atoms with Crippen molar-refractivity contribution in [1.82, 2.24) is 5.32 Å². The summed E-state index contributed by atoms with van der Waals surface area (Å²) < 4.78 is 5.04. The highest BCUT2D eigenvalue weighted by Gasteiger charge is 2.24. The molecule has 1 atom stereocenters. The van der Waals surface area contributed by atoms with Gasteiger partial charge >= 0.3 is 12.1 Å². The van der Waals surface area contributed by atoms with Gasteiger partial charge in [-0.05, 0) is 38.5 Å². The van der Waals surface area contributed by atoms with Crippen LogP contribution in [0.1, 0.15) is 26.3 Å². The van der Waals surface area contributed by atoms with E-state index in [4.69, 9.17) is 27.9 Å². The Kier molecular flexibility index (Phi) is 5.87. The van der Waals surface area contributed by atoms with Gasteiger partial charge in [0, 0.05) is 16.5 Å². The molecule has 0 bridgehead atoms. The molecule has 0 spiro atoms. The van der Waals surface area contributed by atoms with Crippen molar-refractivity contribution >= 4 is 35.3 Å². The minimum Gasteiger partial charge on any atom is -0.480 e. The largest absolute Gasteiger partial charge is 0.480 e. The predicted octanol–water partition coefficient (Wildman–Crippen LogP) is 3.51. The third-order valence-electron chi connectivity index (χ3n) is 2.43. The number of aliphatic carboxylic acids is 1. The summed E-state index contributed by atoms with van der Waals surface area (Å²) in [7, 11) is 0. The third-order valence-corrected chi connectivity index (χ3v) is 3.02. The summed E-state index contributed by atoms with van der Waals surface area (Å²) in [5.41, 5.74) is -0.130. The van der Waals surface area contributed by atoms with Crippen molar-refractivity contribution in [3.63, 3.8) is 0 Å². The van der Waals surface area contributed by atoms with Crippen molar-refractivity contribution in [3.05, 3.63) is 33.8 Å². The van der Waals surface area contributed by atoms with E-state index in [1.54, 1.807) is 32.9 Å². The van der Waals surface area contributed by atoms with Gasteiger partial charge in [0.25, 0.3) is 0 Å². The van der Waals surface area contributed by atoms with Crippen LogP contribution in [0.15, 0.2) is 18.2 Å². The molecule has 0 heterocycles. The zero-order valence-electron chi connectivity index (χ0n) is 11.9. The van der Waals surface area contributed by atoms with E-state index in [2.05, 4.69) is 5.32 Å². The molecular weight excluding hydrogens is 317 g/mol. The highest BCUT2D eigenvalue weighted by molar-refractivity contribution is 6.35. The molecule has 0 saturated carbocycles. The Balaban J connectivity index is 2.79. The van der Waals surface area contributed by atoms with Crippen molar-refractivity contribution in [3.8, 4) is 0 Å². The SMILES string of the molecule is CC(C)(C)OC(=O)N[C@@H](Cc1ccc(Cl)cc1Cl)C(=O)O. The Hall–Kier alpha value is -1.46. The van der Waals surface area contributed by atoms with E-state index in [-0.39, 0.29) is 6.42 Å². The van der Waals surface area contributed by atoms with Gasteiger partial charge in [-0.1, -0.05) is 29.3 Å². The normalized spacial score (nSPS) is 12.6. The van der Waals surface area contributed by atoms with Crippen LogP contribution in [0.2, 0.25) is 10.0 Å². The maximum Gasteiger partial charge on any atom is 0.408 e. The van der Waals surface area contributed by atoms with Crippen LogP contribution in [0.5, 0.6) is 0 Å². The quantitative estimate of drug-likeness (QED) is 0.883. The lowest BCUT2D eigenvalue weighted by atomic mass is 10.1. The van der Waals surface area contributed by atoms with Crippen molar-refractivity contribution in [2.24, 2.45) is 0 Å². The minimum absolute atomic E-state index is 0.0323. The summed E-state index contributed by atoms with van der Waals surface area (Å²) >= 11 is 11.8. The molecule has 21 heavy (non-hydrogen) atoms. The van der Waals surface area contributed by atoms with Gasteiger partial charge < -0.3 is 15.2 Å². The van der Waals surface area contributed by atoms with Crippen LogP contribution in [0.25, 0.3) is 0 Å². The second-order valence-electron chi connectivity index (χ2n) is 5.48. The fraction of sp³-hybridized carbons (Fsp3) is 0.429. The number of ether oxygens (including phenoxy) is 1. The highest BCUT2D eigenvalue weighted by Crippen LogP contribution is 2.22. The summed E-state index contributed by atoms with van der Waals surface area (Å²) in [5.74, 6) is -1.17. The molecular formula is C14H17Cl2NO4. The van der Waals surface area contributed by atoms with E-state index in [9.17, 15) is 14.7 Å². The molecule has 0 saturated heterocycles. The van der Waals surface area contributed by atoms with Crippen LogP contribution < -0.4 is 5.32 Å². The summed E-state index contributed by atoms with van der Waals surface area (Å²) in [6.07, 6.45) is -0.759. The lowest BCUT2D eigenvalue weighted by Gasteiger charge is -2.22. The van der Waals surface area contributed by atoms with E-state index < -0.39 is 23.7 Å².